The highest BCUT2D eigenvalue weighted by Crippen LogP contribution is 2.37. The van der Waals surface area contributed by atoms with Crippen LogP contribution < -0.4 is 10.5 Å². The first-order valence-corrected chi connectivity index (χ1v) is 7.45. The van der Waals surface area contributed by atoms with Gasteiger partial charge in [0.25, 0.3) is 0 Å². The number of aromatic nitrogens is 1. The number of nitrogens with zero attached hydrogens (tertiary/aromatic N) is 1. The summed E-state index contributed by atoms with van der Waals surface area (Å²) in [6, 6.07) is 3.54. The summed E-state index contributed by atoms with van der Waals surface area (Å²) in [6.45, 7) is 2.84. The van der Waals surface area contributed by atoms with E-state index in [1.165, 1.54) is 5.69 Å². The third-order valence-corrected chi connectivity index (χ3v) is 4.02. The molecule has 2 aromatic rings. The van der Waals surface area contributed by atoms with Gasteiger partial charge in [-0.2, -0.15) is 0 Å². The molecule has 0 spiro atoms. The average molecular weight is 329 g/mol. The van der Waals surface area contributed by atoms with Gasteiger partial charge in [0.15, 0.2) is 11.6 Å². The van der Waals surface area contributed by atoms with Crippen molar-refractivity contribution < 1.29 is 14.2 Å². The van der Waals surface area contributed by atoms with E-state index in [2.05, 4.69) is 4.57 Å². The van der Waals surface area contributed by atoms with Crippen LogP contribution in [0.2, 0.25) is 0 Å². The van der Waals surface area contributed by atoms with Gasteiger partial charge in [0.05, 0.1) is 12.1 Å². The van der Waals surface area contributed by atoms with Crippen LogP contribution in [0.15, 0.2) is 12.1 Å². The van der Waals surface area contributed by atoms with Crippen LogP contribution in [-0.4, -0.2) is 28.9 Å². The first-order chi connectivity index (χ1) is 10.1. The van der Waals surface area contributed by atoms with E-state index in [4.69, 9.17) is 15.6 Å². The summed E-state index contributed by atoms with van der Waals surface area (Å²) in [5, 5.41) is 9.47. The molecule has 1 aliphatic rings. The van der Waals surface area contributed by atoms with Crippen molar-refractivity contribution in [1.82, 2.24) is 4.57 Å². The largest absolute Gasteiger partial charge is 0.488 e. The van der Waals surface area contributed by atoms with Crippen LogP contribution in [0.5, 0.6) is 5.75 Å². The Hall–Kier alpha value is -1.30. The maximum atomic E-state index is 14.8. The van der Waals surface area contributed by atoms with Gasteiger partial charge in [0, 0.05) is 23.7 Å². The summed E-state index contributed by atoms with van der Waals surface area (Å²) in [7, 11) is 0. The summed E-state index contributed by atoms with van der Waals surface area (Å²) >= 11 is 0. The molecule has 2 heterocycles. The maximum absolute atomic E-state index is 14.8. The molecular formula is C16H22ClFN2O2. The van der Waals surface area contributed by atoms with E-state index in [1.54, 1.807) is 6.07 Å². The highest BCUT2D eigenvalue weighted by molar-refractivity contribution is 5.88. The number of aryl methyl sites for hydroxylation is 1. The third kappa shape index (κ3) is 2.81. The molecule has 3 N–H and O–H groups in total. The van der Waals surface area contributed by atoms with E-state index in [0.717, 1.165) is 30.5 Å². The summed E-state index contributed by atoms with van der Waals surface area (Å²) in [5.74, 6) is -0.134. The summed E-state index contributed by atoms with van der Waals surface area (Å²) in [6.07, 6.45) is 2.74. The van der Waals surface area contributed by atoms with E-state index in [1.807, 2.05) is 13.0 Å². The van der Waals surface area contributed by atoms with Crippen LogP contribution in [0, 0.1) is 5.82 Å². The Morgan fingerprint density at radius 2 is 2.23 bits per heavy atom. The fourth-order valence-corrected chi connectivity index (χ4v) is 3.27. The van der Waals surface area contributed by atoms with Crippen molar-refractivity contribution >= 4 is 23.3 Å². The summed E-state index contributed by atoms with van der Waals surface area (Å²) in [5.41, 5.74) is 9.09. The minimum atomic E-state index is -0.335. The molecule has 3 rings (SSSR count). The smallest absolute Gasteiger partial charge is 0.174 e. The normalized spacial score (nSPS) is 14.7. The molecule has 22 heavy (non-hydrogen) atoms. The number of halogens is 2. The second-order valence-corrected chi connectivity index (χ2v) is 5.71. The molecule has 0 fully saturated rings. The van der Waals surface area contributed by atoms with E-state index in [-0.39, 0.29) is 43.2 Å². The van der Waals surface area contributed by atoms with Gasteiger partial charge in [-0.05, 0) is 43.9 Å². The van der Waals surface area contributed by atoms with Crippen LogP contribution in [0.25, 0.3) is 10.9 Å². The van der Waals surface area contributed by atoms with Gasteiger partial charge in [-0.1, -0.05) is 0 Å². The molecule has 122 valence electrons. The zero-order valence-electron chi connectivity index (χ0n) is 12.6. The third-order valence-electron chi connectivity index (χ3n) is 4.02. The lowest BCUT2D eigenvalue weighted by Gasteiger charge is -2.09. The molecule has 0 saturated carbocycles. The van der Waals surface area contributed by atoms with Crippen molar-refractivity contribution in [3.63, 3.8) is 0 Å². The van der Waals surface area contributed by atoms with E-state index < -0.39 is 0 Å². The van der Waals surface area contributed by atoms with E-state index in [9.17, 15) is 4.39 Å². The van der Waals surface area contributed by atoms with Crippen LogP contribution in [0.4, 0.5) is 4.39 Å². The predicted octanol–water partition coefficient (Wildman–Crippen LogP) is 2.41. The minimum absolute atomic E-state index is 0. The second-order valence-electron chi connectivity index (χ2n) is 5.71. The van der Waals surface area contributed by atoms with Gasteiger partial charge in [0.1, 0.15) is 6.61 Å². The van der Waals surface area contributed by atoms with E-state index in [0.29, 0.717) is 11.8 Å². The van der Waals surface area contributed by atoms with Gasteiger partial charge >= 0.3 is 0 Å². The number of hydrogen-bond acceptors (Lipinski definition) is 3. The number of ether oxygens (including phenoxy) is 1. The molecule has 0 bridgehead atoms. The number of rotatable bonds is 5. The van der Waals surface area contributed by atoms with Gasteiger partial charge in [-0.15, -0.1) is 12.4 Å². The first kappa shape index (κ1) is 17.1. The standard InChI is InChI=1S/C16H21FN2O2.ClH/c1-10(18)9-11-12-3-2-6-19(12)13-4-5-14(21-8-7-20)16(17)15(11)13;/h4-5,10,20H,2-3,6-9,18H2,1H3;1H. The maximum Gasteiger partial charge on any atom is 0.174 e. The highest BCUT2D eigenvalue weighted by Gasteiger charge is 2.25. The molecule has 1 unspecified atom stereocenters. The molecule has 1 aromatic heterocycles. The van der Waals surface area contributed by atoms with Crippen molar-refractivity contribution in [2.24, 2.45) is 5.73 Å². The molecule has 0 radical (unpaired) electrons. The van der Waals surface area contributed by atoms with Gasteiger partial charge < -0.3 is 20.1 Å². The molecule has 0 aliphatic carbocycles. The van der Waals surface area contributed by atoms with Crippen LogP contribution in [0.1, 0.15) is 24.6 Å². The molecule has 0 saturated heterocycles. The predicted molar refractivity (Wildman–Crippen MR) is 87.4 cm³/mol. The zero-order valence-corrected chi connectivity index (χ0v) is 13.5. The number of aliphatic hydroxyl groups is 1. The van der Waals surface area contributed by atoms with Gasteiger partial charge in [0.2, 0.25) is 0 Å². The monoisotopic (exact) mass is 328 g/mol. The second kappa shape index (κ2) is 6.86. The van der Waals surface area contributed by atoms with Crippen molar-refractivity contribution in [2.75, 3.05) is 13.2 Å². The van der Waals surface area contributed by atoms with Gasteiger partial charge in [-0.3, -0.25) is 0 Å². The molecule has 1 atom stereocenters. The molecule has 0 amide bonds. The van der Waals surface area contributed by atoms with Crippen molar-refractivity contribution in [1.29, 1.82) is 0 Å². The fourth-order valence-electron chi connectivity index (χ4n) is 3.27. The Morgan fingerprint density at radius 3 is 2.91 bits per heavy atom. The van der Waals surface area contributed by atoms with Gasteiger partial charge in [-0.25, -0.2) is 4.39 Å². The topological polar surface area (TPSA) is 60.4 Å². The molecule has 4 nitrogen and oxygen atoms in total. The minimum Gasteiger partial charge on any atom is -0.488 e. The quantitative estimate of drug-likeness (QED) is 0.886. The lowest BCUT2D eigenvalue weighted by atomic mass is 10.0. The summed E-state index contributed by atoms with van der Waals surface area (Å²) in [4.78, 5) is 0. The van der Waals surface area contributed by atoms with Crippen LogP contribution in [-0.2, 0) is 19.4 Å². The lowest BCUT2D eigenvalue weighted by molar-refractivity contribution is 0.197. The summed E-state index contributed by atoms with van der Waals surface area (Å²) < 4.78 is 22.3. The van der Waals surface area contributed by atoms with Crippen molar-refractivity contribution in [2.45, 2.75) is 38.8 Å². The Morgan fingerprint density at radius 1 is 1.45 bits per heavy atom. The Kier molecular flexibility index (Phi) is 5.32. The fraction of sp³-hybridized carbons (Fsp3) is 0.500. The highest BCUT2D eigenvalue weighted by atomic mass is 35.5. The van der Waals surface area contributed by atoms with Crippen molar-refractivity contribution in [3.8, 4) is 5.75 Å². The van der Waals surface area contributed by atoms with Crippen LogP contribution in [0.3, 0.4) is 0 Å². The number of aliphatic hydroxyl groups excluding tert-OH is 1. The number of fused-ring (bicyclic) bond motifs is 3. The first-order valence-electron chi connectivity index (χ1n) is 7.45. The van der Waals surface area contributed by atoms with Crippen molar-refractivity contribution in [3.05, 3.63) is 29.2 Å². The van der Waals surface area contributed by atoms with E-state index >= 15 is 0 Å². The Labute approximate surface area is 135 Å². The molecule has 6 heteroatoms. The Balaban J connectivity index is 0.00000176. The number of nitrogens with two attached hydrogens (primary N) is 1. The number of hydrogen-bond donors (Lipinski definition) is 2. The number of benzene rings is 1. The molecule has 1 aromatic carbocycles. The SMILES string of the molecule is CC(N)Cc1c2n(c3ccc(OCCO)c(F)c13)CCC2.Cl. The zero-order chi connectivity index (χ0) is 15.0. The average Bonchev–Trinajstić information content (AvgIpc) is 3.01. The Bertz CT molecular complexity index is 670. The molecule has 1 aliphatic heterocycles. The van der Waals surface area contributed by atoms with Crippen LogP contribution >= 0.6 is 12.4 Å². The molecular weight excluding hydrogens is 307 g/mol. The lowest BCUT2D eigenvalue weighted by Crippen LogP contribution is -2.18.